The highest BCUT2D eigenvalue weighted by atomic mass is 32.2. The zero-order valence-electron chi connectivity index (χ0n) is 18.8. The predicted molar refractivity (Wildman–Crippen MR) is 128 cm³/mol. The van der Waals surface area contributed by atoms with Gasteiger partial charge in [0.05, 0.1) is 6.54 Å². The summed E-state index contributed by atoms with van der Waals surface area (Å²) in [6.07, 6.45) is 1.65. The van der Waals surface area contributed by atoms with Gasteiger partial charge in [-0.15, -0.1) is 0 Å². The van der Waals surface area contributed by atoms with E-state index in [1.54, 1.807) is 23.9 Å². The van der Waals surface area contributed by atoms with E-state index in [0.29, 0.717) is 24.8 Å². The standard InChI is InChI=1S/C25H29FN4O2S/c1-18-2-6-20(7-3-18)24-28-23(32-29-24)16-30-13-10-21(11-14-30)25(31)27-12-15-33-17-19-4-8-22(26)9-5-19/h2-9,21H,10-17H2,1H3,(H,27,31). The molecule has 174 valence electrons. The quantitative estimate of drug-likeness (QED) is 0.468. The van der Waals surface area contributed by atoms with E-state index in [2.05, 4.69) is 20.4 Å². The van der Waals surface area contributed by atoms with E-state index in [1.165, 1.54) is 17.7 Å². The van der Waals surface area contributed by atoms with Crippen molar-refractivity contribution >= 4 is 17.7 Å². The molecule has 33 heavy (non-hydrogen) atoms. The van der Waals surface area contributed by atoms with E-state index in [9.17, 15) is 9.18 Å². The first-order valence-electron chi connectivity index (χ1n) is 11.3. The second-order valence-corrected chi connectivity index (χ2v) is 9.50. The minimum atomic E-state index is -0.217. The average molecular weight is 469 g/mol. The molecule has 0 radical (unpaired) electrons. The van der Waals surface area contributed by atoms with Crippen molar-refractivity contribution in [1.29, 1.82) is 0 Å². The van der Waals surface area contributed by atoms with Gasteiger partial charge in [0.2, 0.25) is 17.6 Å². The molecule has 0 unspecified atom stereocenters. The summed E-state index contributed by atoms with van der Waals surface area (Å²) in [5, 5.41) is 7.16. The largest absolute Gasteiger partial charge is 0.355 e. The molecule has 0 atom stereocenters. The Labute approximate surface area is 197 Å². The molecule has 2 heterocycles. The van der Waals surface area contributed by atoms with Crippen molar-refractivity contribution in [3.8, 4) is 11.4 Å². The van der Waals surface area contributed by atoms with Crippen molar-refractivity contribution < 1.29 is 13.7 Å². The van der Waals surface area contributed by atoms with Gasteiger partial charge in [0.15, 0.2) is 0 Å². The van der Waals surface area contributed by atoms with Crippen molar-refractivity contribution in [2.75, 3.05) is 25.4 Å². The molecule has 1 aliphatic rings. The van der Waals surface area contributed by atoms with Crippen molar-refractivity contribution in [3.05, 3.63) is 71.4 Å². The lowest BCUT2D eigenvalue weighted by molar-refractivity contribution is -0.126. The highest BCUT2D eigenvalue weighted by molar-refractivity contribution is 7.98. The van der Waals surface area contributed by atoms with Crippen molar-refractivity contribution in [1.82, 2.24) is 20.4 Å². The molecule has 0 spiro atoms. The van der Waals surface area contributed by atoms with E-state index in [0.717, 1.165) is 48.6 Å². The summed E-state index contributed by atoms with van der Waals surface area (Å²) in [5.74, 6) is 2.83. The SMILES string of the molecule is Cc1ccc(-c2noc(CN3CCC(C(=O)NCCSCc4ccc(F)cc4)CC3)n2)cc1. The van der Waals surface area contributed by atoms with Gasteiger partial charge < -0.3 is 9.84 Å². The first-order valence-corrected chi connectivity index (χ1v) is 12.4. The number of rotatable bonds is 9. The van der Waals surface area contributed by atoms with Crippen LogP contribution >= 0.6 is 11.8 Å². The number of amides is 1. The van der Waals surface area contributed by atoms with Crippen molar-refractivity contribution in [2.45, 2.75) is 32.1 Å². The molecule has 0 bridgehead atoms. The third kappa shape index (κ3) is 6.88. The normalized spacial score (nSPS) is 15.0. The van der Waals surface area contributed by atoms with E-state index in [4.69, 9.17) is 4.52 Å². The van der Waals surface area contributed by atoms with Gasteiger partial charge in [-0.1, -0.05) is 47.1 Å². The van der Waals surface area contributed by atoms with Crippen LogP contribution in [0.25, 0.3) is 11.4 Å². The zero-order chi connectivity index (χ0) is 23.0. The zero-order valence-corrected chi connectivity index (χ0v) is 19.6. The van der Waals surface area contributed by atoms with Crippen molar-refractivity contribution in [2.24, 2.45) is 5.92 Å². The maximum absolute atomic E-state index is 12.9. The number of carbonyl (C=O) groups is 1. The van der Waals surface area contributed by atoms with Crippen LogP contribution in [0.2, 0.25) is 0 Å². The number of benzene rings is 2. The molecule has 1 amide bonds. The fourth-order valence-corrected chi connectivity index (χ4v) is 4.66. The molecule has 2 aromatic carbocycles. The molecular formula is C25H29FN4O2S. The Kier molecular flexibility index (Phi) is 8.12. The summed E-state index contributed by atoms with van der Waals surface area (Å²) >= 11 is 1.73. The first-order chi connectivity index (χ1) is 16.1. The predicted octanol–water partition coefficient (Wildman–Crippen LogP) is 4.45. The molecule has 0 saturated carbocycles. The van der Waals surface area contributed by atoms with E-state index in [1.807, 2.05) is 31.2 Å². The van der Waals surface area contributed by atoms with E-state index < -0.39 is 0 Å². The monoisotopic (exact) mass is 468 g/mol. The molecule has 3 aromatic rings. The minimum absolute atomic E-state index is 0.0501. The second-order valence-electron chi connectivity index (χ2n) is 8.40. The molecule has 1 aliphatic heterocycles. The fraction of sp³-hybridized carbons (Fsp3) is 0.400. The molecule has 4 rings (SSSR count). The molecule has 8 heteroatoms. The van der Waals surface area contributed by atoms with Crippen LogP contribution in [0.5, 0.6) is 0 Å². The number of hydrogen-bond donors (Lipinski definition) is 1. The van der Waals surface area contributed by atoms with Gasteiger partial charge in [0.1, 0.15) is 5.82 Å². The Morgan fingerprint density at radius 3 is 2.61 bits per heavy atom. The van der Waals surface area contributed by atoms with Gasteiger partial charge >= 0.3 is 0 Å². The van der Waals surface area contributed by atoms with E-state index in [-0.39, 0.29) is 17.6 Å². The van der Waals surface area contributed by atoms with Gasteiger partial charge in [0.25, 0.3) is 0 Å². The lowest BCUT2D eigenvalue weighted by Gasteiger charge is -2.30. The summed E-state index contributed by atoms with van der Waals surface area (Å²) in [7, 11) is 0. The average Bonchev–Trinajstić information content (AvgIpc) is 3.29. The molecule has 0 aliphatic carbocycles. The fourth-order valence-electron chi connectivity index (χ4n) is 3.84. The van der Waals surface area contributed by atoms with Crippen LogP contribution in [0, 0.1) is 18.7 Å². The minimum Gasteiger partial charge on any atom is -0.355 e. The number of hydrogen-bond acceptors (Lipinski definition) is 6. The Hall–Kier alpha value is -2.71. The lowest BCUT2D eigenvalue weighted by Crippen LogP contribution is -2.40. The second kappa shape index (κ2) is 11.4. The Balaban J connectivity index is 1.13. The van der Waals surface area contributed by atoms with Crippen LogP contribution in [0.4, 0.5) is 4.39 Å². The molecular weight excluding hydrogens is 439 g/mol. The summed E-state index contributed by atoms with van der Waals surface area (Å²) in [4.78, 5) is 19.3. The van der Waals surface area contributed by atoms with Gasteiger partial charge in [-0.2, -0.15) is 16.7 Å². The highest BCUT2D eigenvalue weighted by Crippen LogP contribution is 2.21. The van der Waals surface area contributed by atoms with Gasteiger partial charge in [-0.05, 0) is 50.6 Å². The lowest BCUT2D eigenvalue weighted by atomic mass is 9.96. The van der Waals surface area contributed by atoms with Crippen LogP contribution in [0.1, 0.15) is 29.9 Å². The third-order valence-electron chi connectivity index (χ3n) is 5.82. The number of nitrogens with one attached hydrogen (secondary N) is 1. The number of thioether (sulfide) groups is 1. The van der Waals surface area contributed by atoms with Gasteiger partial charge in [-0.25, -0.2) is 4.39 Å². The maximum atomic E-state index is 12.9. The number of aryl methyl sites for hydroxylation is 1. The van der Waals surface area contributed by atoms with E-state index >= 15 is 0 Å². The number of piperidine rings is 1. The van der Waals surface area contributed by atoms with Gasteiger partial charge in [-0.3, -0.25) is 9.69 Å². The highest BCUT2D eigenvalue weighted by Gasteiger charge is 2.25. The Morgan fingerprint density at radius 2 is 1.88 bits per heavy atom. The molecule has 1 aromatic heterocycles. The summed E-state index contributed by atoms with van der Waals surface area (Å²) in [6.45, 7) is 4.96. The van der Waals surface area contributed by atoms with Gasteiger partial charge in [0, 0.05) is 29.5 Å². The van der Waals surface area contributed by atoms with Crippen LogP contribution in [-0.2, 0) is 17.1 Å². The Bertz CT molecular complexity index is 1030. The molecule has 1 fully saturated rings. The molecule has 1 N–H and O–H groups in total. The summed E-state index contributed by atoms with van der Waals surface area (Å²) in [5.41, 5.74) is 3.23. The summed E-state index contributed by atoms with van der Waals surface area (Å²) < 4.78 is 18.4. The smallest absolute Gasteiger partial charge is 0.241 e. The van der Waals surface area contributed by atoms with Crippen LogP contribution in [-0.4, -0.2) is 46.3 Å². The topological polar surface area (TPSA) is 71.3 Å². The summed E-state index contributed by atoms with van der Waals surface area (Å²) in [6, 6.07) is 14.6. The molecule has 1 saturated heterocycles. The third-order valence-corrected chi connectivity index (χ3v) is 6.85. The van der Waals surface area contributed by atoms with Crippen LogP contribution in [0.15, 0.2) is 53.1 Å². The van der Waals surface area contributed by atoms with Crippen molar-refractivity contribution in [3.63, 3.8) is 0 Å². The number of nitrogens with zero attached hydrogens (tertiary/aromatic N) is 3. The maximum Gasteiger partial charge on any atom is 0.241 e. The van der Waals surface area contributed by atoms with Crippen LogP contribution < -0.4 is 5.32 Å². The number of likely N-dealkylation sites (tertiary alicyclic amines) is 1. The molecule has 6 nitrogen and oxygen atoms in total. The first kappa shape index (κ1) is 23.4. The Morgan fingerprint density at radius 1 is 1.15 bits per heavy atom. The number of carbonyl (C=O) groups excluding carboxylic acids is 1. The number of halogens is 1. The van der Waals surface area contributed by atoms with Crippen LogP contribution in [0.3, 0.4) is 0 Å². The number of aromatic nitrogens is 2.